The van der Waals surface area contributed by atoms with Crippen molar-refractivity contribution < 1.29 is 5.11 Å². The normalized spacial score (nSPS) is 23.1. The molecule has 1 saturated heterocycles. The minimum absolute atomic E-state index is 0.169. The smallest absolute Gasteiger partial charge is 0.0943 e. The lowest BCUT2D eigenvalue weighted by Gasteiger charge is -2.20. The Kier molecular flexibility index (Phi) is 4.37. The van der Waals surface area contributed by atoms with Gasteiger partial charge in [0.25, 0.3) is 0 Å². The van der Waals surface area contributed by atoms with Gasteiger partial charge >= 0.3 is 0 Å². The highest BCUT2D eigenvalue weighted by Crippen LogP contribution is 2.26. The van der Waals surface area contributed by atoms with Crippen LogP contribution in [0, 0.1) is 6.92 Å². The Hall–Kier alpha value is -1.64. The van der Waals surface area contributed by atoms with Crippen LogP contribution in [0.5, 0.6) is 0 Å². The standard InChI is InChI=1S/C19H23NO/c1-14-7-9-15(10-8-14)13-17-11-12-18(20-17)19(21)16-5-3-2-4-6-16/h2-10,17-21H,11-13H2,1H3/t17-,18+,19+/m0/s1. The highest BCUT2D eigenvalue weighted by Gasteiger charge is 2.29. The van der Waals surface area contributed by atoms with Crippen molar-refractivity contribution in [3.8, 4) is 0 Å². The molecule has 0 bridgehead atoms. The molecule has 0 radical (unpaired) electrons. The van der Waals surface area contributed by atoms with E-state index in [9.17, 15) is 5.11 Å². The lowest BCUT2D eigenvalue weighted by atomic mass is 10.0. The maximum Gasteiger partial charge on any atom is 0.0943 e. The van der Waals surface area contributed by atoms with Crippen LogP contribution in [0.3, 0.4) is 0 Å². The molecule has 21 heavy (non-hydrogen) atoms. The third kappa shape index (κ3) is 3.52. The van der Waals surface area contributed by atoms with E-state index in [0.717, 1.165) is 24.8 Å². The number of aliphatic hydroxyl groups is 1. The molecule has 0 aromatic heterocycles. The predicted molar refractivity (Wildman–Crippen MR) is 86.2 cm³/mol. The molecule has 0 aliphatic carbocycles. The Morgan fingerprint density at radius 3 is 2.48 bits per heavy atom. The summed E-state index contributed by atoms with van der Waals surface area (Å²) in [6.07, 6.45) is 2.79. The zero-order valence-electron chi connectivity index (χ0n) is 12.5. The van der Waals surface area contributed by atoms with Gasteiger partial charge in [0.15, 0.2) is 0 Å². The molecule has 2 aromatic rings. The van der Waals surface area contributed by atoms with E-state index in [1.165, 1.54) is 11.1 Å². The molecule has 2 heteroatoms. The molecule has 2 N–H and O–H groups in total. The predicted octanol–water partition coefficient (Wildman–Crippen LogP) is 3.39. The monoisotopic (exact) mass is 281 g/mol. The van der Waals surface area contributed by atoms with E-state index in [-0.39, 0.29) is 6.04 Å². The second-order valence-electron chi connectivity index (χ2n) is 6.09. The van der Waals surface area contributed by atoms with Crippen LogP contribution >= 0.6 is 0 Å². The zero-order chi connectivity index (χ0) is 14.7. The van der Waals surface area contributed by atoms with Crippen LogP contribution in [0.2, 0.25) is 0 Å². The topological polar surface area (TPSA) is 32.3 Å². The number of hydrogen-bond acceptors (Lipinski definition) is 2. The molecular weight excluding hydrogens is 258 g/mol. The molecule has 2 aromatic carbocycles. The van der Waals surface area contributed by atoms with Crippen LogP contribution in [0.15, 0.2) is 54.6 Å². The van der Waals surface area contributed by atoms with Gasteiger partial charge in [-0.1, -0.05) is 60.2 Å². The number of hydrogen-bond donors (Lipinski definition) is 2. The van der Waals surface area contributed by atoms with Gasteiger partial charge in [-0.3, -0.25) is 0 Å². The molecule has 0 amide bonds. The highest BCUT2D eigenvalue weighted by molar-refractivity contribution is 5.23. The van der Waals surface area contributed by atoms with Crippen molar-refractivity contribution in [1.29, 1.82) is 0 Å². The lowest BCUT2D eigenvalue weighted by Crippen LogP contribution is -2.35. The van der Waals surface area contributed by atoms with Crippen LogP contribution in [-0.2, 0) is 6.42 Å². The minimum atomic E-state index is -0.408. The highest BCUT2D eigenvalue weighted by atomic mass is 16.3. The fourth-order valence-corrected chi connectivity index (χ4v) is 3.15. The third-order valence-corrected chi connectivity index (χ3v) is 4.40. The Bertz CT molecular complexity index is 564. The molecule has 2 nitrogen and oxygen atoms in total. The van der Waals surface area contributed by atoms with E-state index in [2.05, 4.69) is 36.5 Å². The number of rotatable bonds is 4. The second-order valence-corrected chi connectivity index (χ2v) is 6.09. The molecule has 1 aliphatic heterocycles. The summed E-state index contributed by atoms with van der Waals surface area (Å²) in [7, 11) is 0. The summed E-state index contributed by atoms with van der Waals surface area (Å²) in [6, 6.07) is 19.3. The SMILES string of the molecule is Cc1ccc(C[C@@H]2CC[C@H]([C@H](O)c3ccccc3)N2)cc1. The van der Waals surface area contributed by atoms with Crippen LogP contribution < -0.4 is 5.32 Å². The molecule has 110 valence electrons. The van der Waals surface area contributed by atoms with E-state index in [4.69, 9.17) is 0 Å². The molecule has 0 unspecified atom stereocenters. The van der Waals surface area contributed by atoms with E-state index >= 15 is 0 Å². The van der Waals surface area contributed by atoms with Crippen molar-refractivity contribution in [3.05, 3.63) is 71.3 Å². The van der Waals surface area contributed by atoms with Gasteiger partial charge in [-0.25, -0.2) is 0 Å². The van der Waals surface area contributed by atoms with Crippen molar-refractivity contribution >= 4 is 0 Å². The number of aliphatic hydroxyl groups excluding tert-OH is 1. The quantitative estimate of drug-likeness (QED) is 0.900. The lowest BCUT2D eigenvalue weighted by molar-refractivity contribution is 0.135. The van der Waals surface area contributed by atoms with Crippen LogP contribution in [-0.4, -0.2) is 17.2 Å². The Morgan fingerprint density at radius 2 is 1.76 bits per heavy atom. The fourth-order valence-electron chi connectivity index (χ4n) is 3.15. The Balaban J connectivity index is 1.59. The van der Waals surface area contributed by atoms with E-state index in [1.807, 2.05) is 30.3 Å². The van der Waals surface area contributed by atoms with Crippen molar-refractivity contribution in [1.82, 2.24) is 5.32 Å². The van der Waals surface area contributed by atoms with Gasteiger partial charge in [0, 0.05) is 12.1 Å². The van der Waals surface area contributed by atoms with Crippen molar-refractivity contribution in [2.24, 2.45) is 0 Å². The first kappa shape index (κ1) is 14.3. The molecular formula is C19H23NO. The Labute approximate surface area is 126 Å². The molecule has 0 spiro atoms. The van der Waals surface area contributed by atoms with Crippen molar-refractivity contribution in [3.63, 3.8) is 0 Å². The van der Waals surface area contributed by atoms with Gasteiger partial charge in [-0.15, -0.1) is 0 Å². The molecule has 1 aliphatic rings. The molecule has 3 atom stereocenters. The van der Waals surface area contributed by atoms with E-state index < -0.39 is 6.10 Å². The fraction of sp³-hybridized carbons (Fsp3) is 0.368. The van der Waals surface area contributed by atoms with Crippen LogP contribution in [0.25, 0.3) is 0 Å². The average Bonchev–Trinajstić information content (AvgIpc) is 2.98. The van der Waals surface area contributed by atoms with E-state index in [1.54, 1.807) is 0 Å². The molecule has 1 heterocycles. The van der Waals surface area contributed by atoms with Gasteiger partial charge in [0.2, 0.25) is 0 Å². The van der Waals surface area contributed by atoms with Crippen LogP contribution in [0.1, 0.15) is 35.6 Å². The molecule has 0 saturated carbocycles. The number of benzene rings is 2. The van der Waals surface area contributed by atoms with Gasteiger partial charge in [-0.2, -0.15) is 0 Å². The summed E-state index contributed by atoms with van der Waals surface area (Å²) in [5.74, 6) is 0. The van der Waals surface area contributed by atoms with E-state index in [0.29, 0.717) is 6.04 Å². The van der Waals surface area contributed by atoms with Crippen molar-refractivity contribution in [2.75, 3.05) is 0 Å². The first-order chi connectivity index (χ1) is 10.2. The van der Waals surface area contributed by atoms with Gasteiger partial charge in [0.1, 0.15) is 0 Å². The minimum Gasteiger partial charge on any atom is -0.387 e. The summed E-state index contributed by atoms with van der Waals surface area (Å²) in [5, 5.41) is 14.1. The average molecular weight is 281 g/mol. The van der Waals surface area contributed by atoms with Gasteiger partial charge in [0.05, 0.1) is 6.10 Å². The third-order valence-electron chi connectivity index (χ3n) is 4.40. The van der Waals surface area contributed by atoms with Gasteiger partial charge < -0.3 is 10.4 Å². The molecule has 3 rings (SSSR count). The largest absolute Gasteiger partial charge is 0.387 e. The first-order valence-corrected chi connectivity index (χ1v) is 7.77. The second kappa shape index (κ2) is 6.42. The number of aryl methyl sites for hydroxylation is 1. The summed E-state index contributed by atoms with van der Waals surface area (Å²) >= 11 is 0. The number of nitrogens with one attached hydrogen (secondary N) is 1. The summed E-state index contributed by atoms with van der Waals surface area (Å²) in [6.45, 7) is 2.11. The maximum absolute atomic E-state index is 10.5. The summed E-state index contributed by atoms with van der Waals surface area (Å²) in [4.78, 5) is 0. The maximum atomic E-state index is 10.5. The Morgan fingerprint density at radius 1 is 1.05 bits per heavy atom. The summed E-state index contributed by atoms with van der Waals surface area (Å²) in [5.41, 5.74) is 3.68. The van der Waals surface area contributed by atoms with Crippen molar-refractivity contribution in [2.45, 2.75) is 44.4 Å². The first-order valence-electron chi connectivity index (χ1n) is 7.77. The molecule has 1 fully saturated rings. The van der Waals surface area contributed by atoms with Crippen LogP contribution in [0.4, 0.5) is 0 Å². The van der Waals surface area contributed by atoms with Gasteiger partial charge in [-0.05, 0) is 37.3 Å². The summed E-state index contributed by atoms with van der Waals surface area (Å²) < 4.78 is 0. The zero-order valence-corrected chi connectivity index (χ0v) is 12.5.